The molecule has 0 aliphatic carbocycles. The van der Waals surface area contributed by atoms with Crippen molar-refractivity contribution < 1.29 is 18.7 Å². The molecule has 2 heterocycles. The van der Waals surface area contributed by atoms with Crippen molar-refractivity contribution >= 4 is 23.2 Å². The van der Waals surface area contributed by atoms with Crippen LogP contribution in [0.2, 0.25) is 5.02 Å². The zero-order valence-electron chi connectivity index (χ0n) is 16.5. The van der Waals surface area contributed by atoms with Crippen LogP contribution in [0.25, 0.3) is 11.3 Å². The van der Waals surface area contributed by atoms with E-state index in [2.05, 4.69) is 10.3 Å². The molecule has 1 aromatic heterocycles. The Morgan fingerprint density at radius 1 is 1.23 bits per heavy atom. The molecule has 0 bridgehead atoms. The second-order valence-corrected chi connectivity index (χ2v) is 7.56. The summed E-state index contributed by atoms with van der Waals surface area (Å²) >= 11 is 6.10. The molecule has 6 nitrogen and oxygen atoms in total. The van der Waals surface area contributed by atoms with Crippen LogP contribution >= 0.6 is 11.6 Å². The SMILES string of the molecule is O=C(CCc1ncc(-c2ccccc2)o1)Nc1cc(Cl)ccc1OCC1CCCO1. The minimum absolute atomic E-state index is 0.0908. The lowest BCUT2D eigenvalue weighted by molar-refractivity contribution is -0.116. The number of carbonyl (C=O) groups is 1. The summed E-state index contributed by atoms with van der Waals surface area (Å²) in [5, 5.41) is 3.40. The molecule has 7 heteroatoms. The van der Waals surface area contributed by atoms with E-state index < -0.39 is 0 Å². The van der Waals surface area contributed by atoms with Gasteiger partial charge in [-0.2, -0.15) is 0 Å². The molecular weight excluding hydrogens is 404 g/mol. The summed E-state index contributed by atoms with van der Waals surface area (Å²) in [6.07, 6.45) is 4.42. The standard InChI is InChI=1S/C23H23ClN2O4/c24-17-8-9-20(29-15-18-7-4-12-28-18)19(13-17)26-22(27)10-11-23-25-14-21(30-23)16-5-2-1-3-6-16/h1-3,5-6,8-9,13-14,18H,4,7,10-12,15H2,(H,26,27). The van der Waals surface area contributed by atoms with E-state index >= 15 is 0 Å². The summed E-state index contributed by atoms with van der Waals surface area (Å²) in [6.45, 7) is 1.22. The minimum atomic E-state index is -0.168. The highest BCUT2D eigenvalue weighted by Gasteiger charge is 2.18. The third kappa shape index (κ3) is 5.40. The summed E-state index contributed by atoms with van der Waals surface area (Å²) < 4.78 is 17.2. The molecule has 1 fully saturated rings. The van der Waals surface area contributed by atoms with Gasteiger partial charge in [0.2, 0.25) is 5.91 Å². The van der Waals surface area contributed by atoms with Crippen molar-refractivity contribution in [3.63, 3.8) is 0 Å². The number of hydrogen-bond donors (Lipinski definition) is 1. The van der Waals surface area contributed by atoms with E-state index in [-0.39, 0.29) is 18.4 Å². The Kier molecular flexibility index (Phi) is 6.67. The van der Waals surface area contributed by atoms with Gasteiger partial charge in [0.25, 0.3) is 0 Å². The lowest BCUT2D eigenvalue weighted by Gasteiger charge is -2.15. The molecule has 1 aliphatic rings. The van der Waals surface area contributed by atoms with Gasteiger partial charge in [0.15, 0.2) is 11.7 Å². The third-order valence-electron chi connectivity index (χ3n) is 4.84. The number of rotatable bonds is 8. The minimum Gasteiger partial charge on any atom is -0.489 e. The lowest BCUT2D eigenvalue weighted by Crippen LogP contribution is -2.18. The zero-order chi connectivity index (χ0) is 20.8. The average molecular weight is 427 g/mol. The van der Waals surface area contributed by atoms with Crippen molar-refractivity contribution in [1.82, 2.24) is 4.98 Å². The first kappa shape index (κ1) is 20.4. The molecule has 2 aromatic carbocycles. The highest BCUT2D eigenvalue weighted by Crippen LogP contribution is 2.29. The van der Waals surface area contributed by atoms with E-state index in [1.807, 2.05) is 30.3 Å². The third-order valence-corrected chi connectivity index (χ3v) is 5.08. The fourth-order valence-electron chi connectivity index (χ4n) is 3.28. The summed E-state index contributed by atoms with van der Waals surface area (Å²) in [4.78, 5) is 16.8. The molecule has 1 saturated heterocycles. The van der Waals surface area contributed by atoms with Crippen molar-refractivity contribution in [2.75, 3.05) is 18.5 Å². The normalized spacial score (nSPS) is 15.8. The van der Waals surface area contributed by atoms with E-state index in [1.165, 1.54) is 0 Å². The topological polar surface area (TPSA) is 73.6 Å². The molecule has 1 aliphatic heterocycles. The molecule has 0 radical (unpaired) electrons. The molecule has 4 rings (SSSR count). The number of hydrogen-bond acceptors (Lipinski definition) is 5. The number of oxazole rings is 1. The molecule has 1 amide bonds. The number of amides is 1. The Hall–Kier alpha value is -2.83. The van der Waals surface area contributed by atoms with Gasteiger partial charge in [0, 0.05) is 30.0 Å². The van der Waals surface area contributed by atoms with E-state index in [9.17, 15) is 4.79 Å². The monoisotopic (exact) mass is 426 g/mol. The van der Waals surface area contributed by atoms with Crippen LogP contribution in [0, 0.1) is 0 Å². The van der Waals surface area contributed by atoms with E-state index in [0.29, 0.717) is 41.1 Å². The first-order chi connectivity index (χ1) is 14.7. The number of ether oxygens (including phenoxy) is 2. The number of benzene rings is 2. The average Bonchev–Trinajstić information content (AvgIpc) is 3.45. The van der Waals surface area contributed by atoms with Crippen LogP contribution in [0.15, 0.2) is 59.1 Å². The Labute approximate surface area is 180 Å². The van der Waals surface area contributed by atoms with Crippen molar-refractivity contribution in [2.45, 2.75) is 31.8 Å². The molecule has 3 aromatic rings. The maximum Gasteiger partial charge on any atom is 0.224 e. The Morgan fingerprint density at radius 3 is 2.90 bits per heavy atom. The molecule has 1 N–H and O–H groups in total. The summed E-state index contributed by atoms with van der Waals surface area (Å²) in [5.74, 6) is 1.61. The number of aryl methyl sites for hydroxylation is 1. The van der Waals surface area contributed by atoms with Gasteiger partial charge in [-0.05, 0) is 31.0 Å². The van der Waals surface area contributed by atoms with Gasteiger partial charge < -0.3 is 19.2 Å². The predicted octanol–water partition coefficient (Wildman–Crippen LogP) is 5.12. The van der Waals surface area contributed by atoms with Gasteiger partial charge >= 0.3 is 0 Å². The van der Waals surface area contributed by atoms with Gasteiger partial charge in [0.1, 0.15) is 12.4 Å². The highest BCUT2D eigenvalue weighted by atomic mass is 35.5. The first-order valence-corrected chi connectivity index (χ1v) is 10.4. The largest absolute Gasteiger partial charge is 0.489 e. The summed E-state index contributed by atoms with van der Waals surface area (Å²) in [5.41, 5.74) is 1.50. The second-order valence-electron chi connectivity index (χ2n) is 7.12. The molecule has 156 valence electrons. The molecule has 30 heavy (non-hydrogen) atoms. The maximum atomic E-state index is 12.5. The van der Waals surface area contributed by atoms with Crippen LogP contribution in [0.5, 0.6) is 5.75 Å². The van der Waals surface area contributed by atoms with Crippen LogP contribution in [0.4, 0.5) is 5.69 Å². The first-order valence-electron chi connectivity index (χ1n) is 10.0. The number of aromatic nitrogens is 1. The Morgan fingerprint density at radius 2 is 2.10 bits per heavy atom. The summed E-state index contributed by atoms with van der Waals surface area (Å²) in [7, 11) is 0. The molecular formula is C23H23ClN2O4. The van der Waals surface area contributed by atoms with E-state index in [0.717, 1.165) is 25.0 Å². The van der Waals surface area contributed by atoms with E-state index in [4.69, 9.17) is 25.5 Å². The molecule has 0 spiro atoms. The van der Waals surface area contributed by atoms with Crippen LogP contribution in [0.3, 0.4) is 0 Å². The van der Waals surface area contributed by atoms with Crippen molar-refractivity contribution in [3.8, 4) is 17.1 Å². The molecule has 0 saturated carbocycles. The van der Waals surface area contributed by atoms with Crippen LogP contribution in [-0.4, -0.2) is 30.2 Å². The number of nitrogens with zero attached hydrogens (tertiary/aromatic N) is 1. The van der Waals surface area contributed by atoms with Gasteiger partial charge in [-0.15, -0.1) is 0 Å². The second kappa shape index (κ2) is 9.78. The van der Waals surface area contributed by atoms with Crippen LogP contribution in [0.1, 0.15) is 25.2 Å². The van der Waals surface area contributed by atoms with Gasteiger partial charge in [-0.3, -0.25) is 4.79 Å². The van der Waals surface area contributed by atoms with Gasteiger partial charge in [-0.1, -0.05) is 41.9 Å². The summed E-state index contributed by atoms with van der Waals surface area (Å²) in [6, 6.07) is 14.9. The highest BCUT2D eigenvalue weighted by molar-refractivity contribution is 6.31. The lowest BCUT2D eigenvalue weighted by atomic mass is 10.2. The van der Waals surface area contributed by atoms with Crippen LogP contribution in [-0.2, 0) is 16.0 Å². The molecule has 1 unspecified atom stereocenters. The zero-order valence-corrected chi connectivity index (χ0v) is 17.2. The van der Waals surface area contributed by atoms with Crippen LogP contribution < -0.4 is 10.1 Å². The van der Waals surface area contributed by atoms with Crippen molar-refractivity contribution in [3.05, 3.63) is 65.6 Å². The van der Waals surface area contributed by atoms with Gasteiger partial charge in [0.05, 0.1) is 18.0 Å². The fraction of sp³-hybridized carbons (Fsp3) is 0.304. The number of carbonyl (C=O) groups excluding carboxylic acids is 1. The smallest absolute Gasteiger partial charge is 0.224 e. The number of halogens is 1. The predicted molar refractivity (Wildman–Crippen MR) is 115 cm³/mol. The molecule has 1 atom stereocenters. The quantitative estimate of drug-likeness (QED) is 0.540. The fourth-order valence-corrected chi connectivity index (χ4v) is 3.45. The van der Waals surface area contributed by atoms with E-state index in [1.54, 1.807) is 24.4 Å². The van der Waals surface area contributed by atoms with Crippen molar-refractivity contribution in [2.24, 2.45) is 0 Å². The number of anilines is 1. The van der Waals surface area contributed by atoms with Crippen molar-refractivity contribution in [1.29, 1.82) is 0 Å². The van der Waals surface area contributed by atoms with Gasteiger partial charge in [-0.25, -0.2) is 4.98 Å². The maximum absolute atomic E-state index is 12.5. The Bertz CT molecular complexity index is 984. The Balaban J connectivity index is 1.33. The number of nitrogens with one attached hydrogen (secondary N) is 1.